The lowest BCUT2D eigenvalue weighted by molar-refractivity contribution is 0.0922. The molecule has 4 heteroatoms. The summed E-state index contributed by atoms with van der Waals surface area (Å²) in [7, 11) is 0. The molecule has 1 aromatic carbocycles. The number of pyridine rings is 1. The topological polar surface area (TPSA) is 49.2 Å². The van der Waals surface area contributed by atoms with E-state index >= 15 is 0 Å². The number of nitrogens with zero attached hydrogens (tertiary/aromatic N) is 3. The molecule has 0 unspecified atom stereocenters. The van der Waals surface area contributed by atoms with Gasteiger partial charge in [0, 0.05) is 13.0 Å². The summed E-state index contributed by atoms with van der Waals surface area (Å²) in [5.41, 5.74) is 1.30. The highest BCUT2D eigenvalue weighted by atomic mass is 16.5. The summed E-state index contributed by atoms with van der Waals surface area (Å²) in [6.45, 7) is 5.17. The standard InChI is InChI=1S/C22H27N3O/c1-2-10-22(11-14-23)12-15-25(16-13-22)18-19-8-9-21(17-24-19)26-20-6-4-3-5-7-20/h3-9,17H,2,10-13,15-16,18H2,1H3. The Balaban J connectivity index is 1.53. The maximum atomic E-state index is 9.16. The molecule has 26 heavy (non-hydrogen) atoms. The molecule has 1 saturated heterocycles. The predicted molar refractivity (Wildman–Crippen MR) is 103 cm³/mol. The number of hydrogen-bond donors (Lipinski definition) is 0. The molecule has 0 atom stereocenters. The van der Waals surface area contributed by atoms with Gasteiger partial charge in [-0.1, -0.05) is 31.5 Å². The molecule has 136 valence electrons. The van der Waals surface area contributed by atoms with Crippen LogP contribution in [0, 0.1) is 16.7 Å². The Kier molecular flexibility index (Phi) is 6.25. The molecular weight excluding hydrogens is 322 g/mol. The summed E-state index contributed by atoms with van der Waals surface area (Å²) in [5, 5.41) is 9.16. The summed E-state index contributed by atoms with van der Waals surface area (Å²) >= 11 is 0. The van der Waals surface area contributed by atoms with Crippen LogP contribution in [0.2, 0.25) is 0 Å². The summed E-state index contributed by atoms with van der Waals surface area (Å²) in [6.07, 6.45) is 7.04. The van der Waals surface area contributed by atoms with Crippen molar-refractivity contribution in [2.24, 2.45) is 5.41 Å². The molecule has 1 aromatic heterocycles. The monoisotopic (exact) mass is 349 g/mol. The van der Waals surface area contributed by atoms with E-state index in [0.717, 1.165) is 62.5 Å². The molecule has 0 bridgehead atoms. The van der Waals surface area contributed by atoms with Gasteiger partial charge in [-0.2, -0.15) is 5.26 Å². The first-order valence-electron chi connectivity index (χ1n) is 9.50. The fourth-order valence-corrected chi connectivity index (χ4v) is 3.82. The third-order valence-electron chi connectivity index (χ3n) is 5.31. The molecule has 0 radical (unpaired) electrons. The van der Waals surface area contributed by atoms with Crippen LogP contribution in [0.4, 0.5) is 0 Å². The van der Waals surface area contributed by atoms with Gasteiger partial charge in [-0.25, -0.2) is 0 Å². The number of likely N-dealkylation sites (tertiary alicyclic amines) is 1. The molecule has 4 nitrogen and oxygen atoms in total. The van der Waals surface area contributed by atoms with Crippen LogP contribution < -0.4 is 4.74 Å². The highest BCUT2D eigenvalue weighted by molar-refractivity contribution is 5.29. The van der Waals surface area contributed by atoms with Crippen LogP contribution in [0.15, 0.2) is 48.7 Å². The molecular formula is C22H27N3O. The molecule has 2 heterocycles. The SMILES string of the molecule is CCCC1(CC#N)CCN(Cc2ccc(Oc3ccccc3)cn2)CC1. The van der Waals surface area contributed by atoms with E-state index in [1.807, 2.05) is 42.5 Å². The van der Waals surface area contributed by atoms with Crippen LogP contribution in [-0.4, -0.2) is 23.0 Å². The Hall–Kier alpha value is -2.38. The smallest absolute Gasteiger partial charge is 0.145 e. The number of para-hydroxylation sites is 1. The predicted octanol–water partition coefficient (Wildman–Crippen LogP) is 5.17. The first-order chi connectivity index (χ1) is 12.7. The normalized spacial score (nSPS) is 16.8. The first kappa shape index (κ1) is 18.4. The maximum Gasteiger partial charge on any atom is 0.145 e. The molecule has 0 amide bonds. The fourth-order valence-electron chi connectivity index (χ4n) is 3.82. The van der Waals surface area contributed by atoms with Gasteiger partial charge in [0.2, 0.25) is 0 Å². The molecule has 1 aliphatic heterocycles. The van der Waals surface area contributed by atoms with E-state index in [1.54, 1.807) is 6.20 Å². The summed E-state index contributed by atoms with van der Waals surface area (Å²) < 4.78 is 5.80. The van der Waals surface area contributed by atoms with Gasteiger partial charge >= 0.3 is 0 Å². The average molecular weight is 349 g/mol. The van der Waals surface area contributed by atoms with Gasteiger partial charge in [-0.15, -0.1) is 0 Å². The van der Waals surface area contributed by atoms with Crippen molar-refractivity contribution in [3.63, 3.8) is 0 Å². The zero-order valence-electron chi connectivity index (χ0n) is 15.5. The largest absolute Gasteiger partial charge is 0.456 e. The van der Waals surface area contributed by atoms with Gasteiger partial charge in [-0.3, -0.25) is 9.88 Å². The second kappa shape index (κ2) is 8.82. The van der Waals surface area contributed by atoms with E-state index in [1.165, 1.54) is 0 Å². The minimum atomic E-state index is 0.237. The molecule has 0 spiro atoms. The Labute approximate surface area is 156 Å². The lowest BCUT2D eigenvalue weighted by Gasteiger charge is -2.40. The number of piperidine rings is 1. The number of ether oxygens (including phenoxy) is 1. The first-order valence-corrected chi connectivity index (χ1v) is 9.50. The van der Waals surface area contributed by atoms with E-state index in [4.69, 9.17) is 10.00 Å². The molecule has 0 N–H and O–H groups in total. The fraction of sp³-hybridized carbons (Fsp3) is 0.455. The van der Waals surface area contributed by atoms with Crippen molar-refractivity contribution in [1.29, 1.82) is 5.26 Å². The molecule has 1 fully saturated rings. The quantitative estimate of drug-likeness (QED) is 0.692. The Morgan fingerprint density at radius 1 is 1.12 bits per heavy atom. The summed E-state index contributed by atoms with van der Waals surface area (Å²) in [4.78, 5) is 7.01. The zero-order chi connectivity index (χ0) is 18.2. The van der Waals surface area contributed by atoms with Crippen LogP contribution in [0.25, 0.3) is 0 Å². The number of rotatable bonds is 7. The molecule has 2 aromatic rings. The highest BCUT2D eigenvalue weighted by Crippen LogP contribution is 2.39. The Bertz CT molecular complexity index is 713. The Morgan fingerprint density at radius 3 is 2.50 bits per heavy atom. The summed E-state index contributed by atoms with van der Waals surface area (Å²) in [6, 6.07) is 16.2. The van der Waals surface area contributed by atoms with E-state index in [9.17, 15) is 0 Å². The van der Waals surface area contributed by atoms with Gasteiger partial charge in [-0.05, 0) is 62.0 Å². The second-order valence-corrected chi connectivity index (χ2v) is 7.26. The van der Waals surface area contributed by atoms with Crippen molar-refractivity contribution >= 4 is 0 Å². The minimum absolute atomic E-state index is 0.237. The number of hydrogen-bond acceptors (Lipinski definition) is 4. The van der Waals surface area contributed by atoms with E-state index in [-0.39, 0.29) is 5.41 Å². The van der Waals surface area contributed by atoms with Crippen LogP contribution in [-0.2, 0) is 6.54 Å². The van der Waals surface area contributed by atoms with Crippen molar-refractivity contribution in [2.45, 2.75) is 45.6 Å². The highest BCUT2D eigenvalue weighted by Gasteiger charge is 2.33. The minimum Gasteiger partial charge on any atom is -0.456 e. The maximum absolute atomic E-state index is 9.16. The lowest BCUT2D eigenvalue weighted by Crippen LogP contribution is -2.39. The molecule has 3 rings (SSSR count). The van der Waals surface area contributed by atoms with Crippen LogP contribution in [0.5, 0.6) is 11.5 Å². The summed E-state index contributed by atoms with van der Waals surface area (Å²) in [5.74, 6) is 1.58. The third-order valence-corrected chi connectivity index (χ3v) is 5.31. The third kappa shape index (κ3) is 4.83. The van der Waals surface area contributed by atoms with E-state index < -0.39 is 0 Å². The second-order valence-electron chi connectivity index (χ2n) is 7.26. The van der Waals surface area contributed by atoms with Gasteiger partial charge < -0.3 is 4.74 Å². The van der Waals surface area contributed by atoms with E-state index in [2.05, 4.69) is 22.9 Å². The molecule has 1 aliphatic rings. The molecule has 0 aliphatic carbocycles. The van der Waals surface area contributed by atoms with Gasteiger partial charge in [0.1, 0.15) is 11.5 Å². The van der Waals surface area contributed by atoms with E-state index in [0.29, 0.717) is 6.42 Å². The number of nitriles is 1. The van der Waals surface area contributed by atoms with Crippen molar-refractivity contribution in [3.8, 4) is 17.6 Å². The van der Waals surface area contributed by atoms with Crippen LogP contribution in [0.3, 0.4) is 0 Å². The number of aromatic nitrogens is 1. The van der Waals surface area contributed by atoms with Crippen molar-refractivity contribution in [2.75, 3.05) is 13.1 Å². The zero-order valence-corrected chi connectivity index (χ0v) is 15.5. The Morgan fingerprint density at radius 2 is 1.88 bits per heavy atom. The van der Waals surface area contributed by atoms with Gasteiger partial charge in [0.25, 0.3) is 0 Å². The van der Waals surface area contributed by atoms with Crippen molar-refractivity contribution in [1.82, 2.24) is 9.88 Å². The van der Waals surface area contributed by atoms with Crippen molar-refractivity contribution < 1.29 is 4.74 Å². The average Bonchev–Trinajstić information content (AvgIpc) is 2.67. The van der Waals surface area contributed by atoms with Gasteiger partial charge in [0.05, 0.1) is 18.0 Å². The van der Waals surface area contributed by atoms with Crippen molar-refractivity contribution in [3.05, 3.63) is 54.4 Å². The van der Waals surface area contributed by atoms with Crippen LogP contribution in [0.1, 0.15) is 44.7 Å². The number of benzene rings is 1. The van der Waals surface area contributed by atoms with Gasteiger partial charge in [0.15, 0.2) is 0 Å². The lowest BCUT2D eigenvalue weighted by atomic mass is 9.73. The van der Waals surface area contributed by atoms with Crippen LogP contribution >= 0.6 is 0 Å². The molecule has 0 saturated carbocycles.